The molecule has 0 spiro atoms. The molecule has 0 saturated heterocycles. The largest absolute Gasteiger partial charge is 0.495 e. The topological polar surface area (TPSA) is 81.9 Å². The Labute approximate surface area is 130 Å². The zero-order valence-corrected chi connectivity index (χ0v) is 12.1. The molecule has 23 heavy (non-hydrogen) atoms. The number of carbonyl (C=O) groups is 1. The van der Waals surface area contributed by atoms with E-state index in [1.54, 1.807) is 24.3 Å². The number of nitrogens with one attached hydrogen (secondary N) is 1. The van der Waals surface area contributed by atoms with Gasteiger partial charge >= 0.3 is 0 Å². The third-order valence-corrected chi connectivity index (χ3v) is 3.15. The summed E-state index contributed by atoms with van der Waals surface area (Å²) in [6.07, 6.45) is 1.33. The Kier molecular flexibility index (Phi) is 3.96. The van der Waals surface area contributed by atoms with Gasteiger partial charge in [0.2, 0.25) is 0 Å². The highest BCUT2D eigenvalue weighted by Crippen LogP contribution is 2.25. The number of carbonyl (C=O) groups excluding carboxylic acids is 1. The summed E-state index contributed by atoms with van der Waals surface area (Å²) in [5.74, 6) is -0.535. The molecule has 1 aromatic heterocycles. The smallest absolute Gasteiger partial charge is 0.258 e. The molecule has 0 aliphatic heterocycles. The van der Waals surface area contributed by atoms with Crippen molar-refractivity contribution in [2.75, 3.05) is 12.4 Å². The standard InChI is InChI=1S/C15H12FN5O2/c1-23-14-5-3-2-4-12(14)18-15(22)11-8-10(16)6-7-13(11)21-9-17-19-20-21/h2-9H,1H3,(H,18,22). The summed E-state index contributed by atoms with van der Waals surface area (Å²) in [6, 6.07) is 10.7. The molecular weight excluding hydrogens is 301 g/mol. The molecule has 0 aliphatic carbocycles. The van der Waals surface area contributed by atoms with Gasteiger partial charge in [-0.05, 0) is 40.8 Å². The van der Waals surface area contributed by atoms with Crippen molar-refractivity contribution in [2.24, 2.45) is 0 Å². The third kappa shape index (κ3) is 3.00. The van der Waals surface area contributed by atoms with Crippen LogP contribution in [0.1, 0.15) is 10.4 Å². The van der Waals surface area contributed by atoms with Crippen LogP contribution in [0.3, 0.4) is 0 Å². The number of methoxy groups -OCH3 is 1. The number of nitrogens with zero attached hydrogens (tertiary/aromatic N) is 4. The molecule has 0 fully saturated rings. The second-order valence-electron chi connectivity index (χ2n) is 4.57. The van der Waals surface area contributed by atoms with Gasteiger partial charge in [-0.25, -0.2) is 4.39 Å². The molecule has 0 aliphatic rings. The maximum Gasteiger partial charge on any atom is 0.258 e. The number of halogens is 1. The van der Waals surface area contributed by atoms with E-state index < -0.39 is 11.7 Å². The normalized spacial score (nSPS) is 10.3. The zero-order valence-electron chi connectivity index (χ0n) is 12.1. The van der Waals surface area contributed by atoms with Crippen molar-refractivity contribution < 1.29 is 13.9 Å². The molecule has 0 bridgehead atoms. The lowest BCUT2D eigenvalue weighted by Gasteiger charge is -2.12. The van der Waals surface area contributed by atoms with Gasteiger partial charge in [0.1, 0.15) is 17.9 Å². The summed E-state index contributed by atoms with van der Waals surface area (Å²) in [5.41, 5.74) is 0.943. The molecule has 3 rings (SSSR count). The molecule has 1 N–H and O–H groups in total. The number of tetrazole rings is 1. The lowest BCUT2D eigenvalue weighted by atomic mass is 10.1. The Balaban J connectivity index is 1.98. The van der Waals surface area contributed by atoms with E-state index in [-0.39, 0.29) is 5.56 Å². The Morgan fingerprint density at radius 3 is 2.83 bits per heavy atom. The van der Waals surface area contributed by atoms with Gasteiger partial charge in [-0.3, -0.25) is 4.79 Å². The highest BCUT2D eigenvalue weighted by Gasteiger charge is 2.16. The van der Waals surface area contributed by atoms with Crippen LogP contribution < -0.4 is 10.1 Å². The van der Waals surface area contributed by atoms with Gasteiger partial charge in [-0.2, -0.15) is 4.68 Å². The van der Waals surface area contributed by atoms with Crippen LogP contribution in [0.2, 0.25) is 0 Å². The van der Waals surface area contributed by atoms with Crippen LogP contribution in [0.25, 0.3) is 5.69 Å². The first kappa shape index (κ1) is 14.6. The molecular formula is C15H12FN5O2. The lowest BCUT2D eigenvalue weighted by Crippen LogP contribution is -2.16. The maximum absolute atomic E-state index is 13.6. The summed E-state index contributed by atoms with van der Waals surface area (Å²) in [5, 5.41) is 13.5. The first-order chi connectivity index (χ1) is 11.2. The van der Waals surface area contributed by atoms with E-state index in [2.05, 4.69) is 20.8 Å². The van der Waals surface area contributed by atoms with E-state index in [4.69, 9.17) is 4.74 Å². The van der Waals surface area contributed by atoms with E-state index in [0.29, 0.717) is 17.1 Å². The Bertz CT molecular complexity index is 836. The van der Waals surface area contributed by atoms with Crippen LogP contribution in [0, 0.1) is 5.82 Å². The van der Waals surface area contributed by atoms with Gasteiger partial charge < -0.3 is 10.1 Å². The van der Waals surface area contributed by atoms with Gasteiger partial charge in [0.05, 0.1) is 24.0 Å². The lowest BCUT2D eigenvalue weighted by molar-refractivity contribution is 0.102. The van der Waals surface area contributed by atoms with Crippen molar-refractivity contribution in [1.82, 2.24) is 20.2 Å². The maximum atomic E-state index is 13.6. The van der Waals surface area contributed by atoms with Gasteiger partial charge in [0.15, 0.2) is 0 Å². The quantitative estimate of drug-likeness (QED) is 0.797. The predicted molar refractivity (Wildman–Crippen MR) is 80.1 cm³/mol. The average Bonchev–Trinajstić information content (AvgIpc) is 3.09. The van der Waals surface area contributed by atoms with E-state index in [0.717, 1.165) is 6.07 Å². The second kappa shape index (κ2) is 6.22. The Hall–Kier alpha value is -3.29. The Morgan fingerprint density at radius 1 is 1.26 bits per heavy atom. The molecule has 0 unspecified atom stereocenters. The number of amides is 1. The molecule has 1 heterocycles. The fraction of sp³-hybridized carbons (Fsp3) is 0.0667. The predicted octanol–water partition coefficient (Wildman–Crippen LogP) is 2.06. The number of anilines is 1. The molecule has 1 amide bonds. The summed E-state index contributed by atoms with van der Waals surface area (Å²) in [7, 11) is 1.50. The van der Waals surface area contributed by atoms with Crippen molar-refractivity contribution in [2.45, 2.75) is 0 Å². The number of hydrogen-bond donors (Lipinski definition) is 1. The van der Waals surface area contributed by atoms with Crippen LogP contribution in [0.5, 0.6) is 5.75 Å². The molecule has 0 saturated carbocycles. The number of para-hydroxylation sites is 2. The third-order valence-electron chi connectivity index (χ3n) is 3.15. The molecule has 0 radical (unpaired) electrons. The van der Waals surface area contributed by atoms with Gasteiger partial charge in [0, 0.05) is 0 Å². The fourth-order valence-electron chi connectivity index (χ4n) is 2.10. The highest BCUT2D eigenvalue weighted by atomic mass is 19.1. The summed E-state index contributed by atoms with van der Waals surface area (Å²) in [4.78, 5) is 12.5. The van der Waals surface area contributed by atoms with Crippen molar-refractivity contribution in [3.8, 4) is 11.4 Å². The molecule has 116 valence electrons. The van der Waals surface area contributed by atoms with Crippen LogP contribution in [0.15, 0.2) is 48.8 Å². The van der Waals surface area contributed by atoms with E-state index in [9.17, 15) is 9.18 Å². The van der Waals surface area contributed by atoms with Crippen molar-refractivity contribution in [3.05, 3.63) is 60.2 Å². The number of rotatable bonds is 4. The molecule has 7 nitrogen and oxygen atoms in total. The summed E-state index contributed by atoms with van der Waals surface area (Å²) in [6.45, 7) is 0. The van der Waals surface area contributed by atoms with E-state index >= 15 is 0 Å². The zero-order chi connectivity index (χ0) is 16.2. The number of ether oxygens (including phenoxy) is 1. The van der Waals surface area contributed by atoms with Crippen molar-refractivity contribution >= 4 is 11.6 Å². The second-order valence-corrected chi connectivity index (χ2v) is 4.57. The van der Waals surface area contributed by atoms with Crippen LogP contribution in [-0.2, 0) is 0 Å². The minimum atomic E-state index is -0.535. The van der Waals surface area contributed by atoms with E-state index in [1.165, 1.54) is 30.3 Å². The average molecular weight is 313 g/mol. The first-order valence-electron chi connectivity index (χ1n) is 6.66. The van der Waals surface area contributed by atoms with Gasteiger partial charge in [0.25, 0.3) is 5.91 Å². The fourth-order valence-corrected chi connectivity index (χ4v) is 2.10. The minimum absolute atomic E-state index is 0.100. The van der Waals surface area contributed by atoms with Gasteiger partial charge in [-0.1, -0.05) is 12.1 Å². The minimum Gasteiger partial charge on any atom is -0.495 e. The molecule has 8 heteroatoms. The summed E-state index contributed by atoms with van der Waals surface area (Å²) < 4.78 is 20.0. The van der Waals surface area contributed by atoms with Crippen LogP contribution in [0.4, 0.5) is 10.1 Å². The van der Waals surface area contributed by atoms with Crippen molar-refractivity contribution in [3.63, 3.8) is 0 Å². The molecule has 3 aromatic rings. The molecule has 0 atom stereocenters. The van der Waals surface area contributed by atoms with E-state index in [1.807, 2.05) is 0 Å². The number of benzene rings is 2. The number of hydrogen-bond acceptors (Lipinski definition) is 5. The SMILES string of the molecule is COc1ccccc1NC(=O)c1cc(F)ccc1-n1cnnn1. The first-order valence-corrected chi connectivity index (χ1v) is 6.66. The van der Waals surface area contributed by atoms with Crippen LogP contribution in [-0.4, -0.2) is 33.2 Å². The van der Waals surface area contributed by atoms with Crippen LogP contribution >= 0.6 is 0 Å². The van der Waals surface area contributed by atoms with Gasteiger partial charge in [-0.15, -0.1) is 5.10 Å². The summed E-state index contributed by atoms with van der Waals surface area (Å²) >= 11 is 0. The molecule has 2 aromatic carbocycles. The number of aromatic nitrogens is 4. The Morgan fingerprint density at radius 2 is 2.09 bits per heavy atom. The van der Waals surface area contributed by atoms with Crippen molar-refractivity contribution in [1.29, 1.82) is 0 Å². The monoisotopic (exact) mass is 313 g/mol. The highest BCUT2D eigenvalue weighted by molar-refractivity contribution is 6.07.